The third-order valence-corrected chi connectivity index (χ3v) is 4.07. The second-order valence-electron chi connectivity index (χ2n) is 5.30. The molecule has 1 aliphatic rings. The summed E-state index contributed by atoms with van der Waals surface area (Å²) in [5.41, 5.74) is 4.84. The molecular formula is C13H26N2O2. The Kier molecular flexibility index (Phi) is 5.40. The molecule has 0 aromatic carbocycles. The molecule has 0 radical (unpaired) electrons. The fourth-order valence-electron chi connectivity index (χ4n) is 2.52. The summed E-state index contributed by atoms with van der Waals surface area (Å²) in [5, 5.41) is 9.08. The van der Waals surface area contributed by atoms with Gasteiger partial charge in [0, 0.05) is 6.04 Å². The Bertz CT molecular complexity index is 258. The minimum absolute atomic E-state index is 0.498. The zero-order chi connectivity index (χ0) is 12.9. The zero-order valence-corrected chi connectivity index (χ0v) is 11.1. The van der Waals surface area contributed by atoms with E-state index in [-0.39, 0.29) is 0 Å². The molecule has 1 rings (SSSR count). The van der Waals surface area contributed by atoms with Gasteiger partial charge in [-0.2, -0.15) is 0 Å². The number of carbonyl (C=O) groups is 1. The number of nitrogens with two attached hydrogens (primary N) is 1. The lowest BCUT2D eigenvalue weighted by Crippen LogP contribution is -2.48. The van der Waals surface area contributed by atoms with Crippen LogP contribution in [0, 0.1) is 0 Å². The summed E-state index contributed by atoms with van der Waals surface area (Å²) < 4.78 is 0. The maximum atomic E-state index is 11.1. The molecule has 1 heterocycles. The van der Waals surface area contributed by atoms with Gasteiger partial charge in [-0.3, -0.25) is 4.79 Å². The Labute approximate surface area is 104 Å². The number of hydrogen-bond donors (Lipinski definition) is 2. The highest BCUT2D eigenvalue weighted by Crippen LogP contribution is 2.19. The van der Waals surface area contributed by atoms with E-state index in [1.54, 1.807) is 0 Å². The fourth-order valence-corrected chi connectivity index (χ4v) is 2.52. The van der Waals surface area contributed by atoms with Crippen LogP contribution in [0.4, 0.5) is 0 Å². The van der Waals surface area contributed by atoms with Crippen molar-refractivity contribution in [3.63, 3.8) is 0 Å². The van der Waals surface area contributed by atoms with Crippen LogP contribution in [0.3, 0.4) is 0 Å². The Morgan fingerprint density at radius 2 is 2.24 bits per heavy atom. The average molecular weight is 242 g/mol. The number of piperidine rings is 1. The van der Waals surface area contributed by atoms with Crippen LogP contribution in [0.25, 0.3) is 0 Å². The standard InChI is InChI=1S/C13H26N2O2/c1-3-13(14,12(16)17)8-6-10-15-9-5-4-7-11(15)2/h11H,3-10,14H2,1-2H3,(H,16,17). The zero-order valence-electron chi connectivity index (χ0n) is 11.1. The molecule has 0 aromatic rings. The molecule has 0 aliphatic carbocycles. The molecule has 0 amide bonds. The fraction of sp³-hybridized carbons (Fsp3) is 0.923. The highest BCUT2D eigenvalue weighted by Gasteiger charge is 2.31. The molecule has 4 nitrogen and oxygen atoms in total. The lowest BCUT2D eigenvalue weighted by atomic mass is 9.91. The first kappa shape index (κ1) is 14.5. The van der Waals surface area contributed by atoms with Gasteiger partial charge in [-0.25, -0.2) is 0 Å². The highest BCUT2D eigenvalue weighted by atomic mass is 16.4. The first-order chi connectivity index (χ1) is 7.99. The van der Waals surface area contributed by atoms with E-state index in [2.05, 4.69) is 11.8 Å². The predicted molar refractivity (Wildman–Crippen MR) is 69.0 cm³/mol. The van der Waals surface area contributed by atoms with E-state index in [1.165, 1.54) is 19.3 Å². The van der Waals surface area contributed by atoms with Crippen LogP contribution < -0.4 is 5.73 Å². The van der Waals surface area contributed by atoms with E-state index in [4.69, 9.17) is 10.8 Å². The normalized spacial score (nSPS) is 25.5. The van der Waals surface area contributed by atoms with Crippen molar-refractivity contribution in [3.8, 4) is 0 Å². The van der Waals surface area contributed by atoms with Crippen LogP contribution in [0.5, 0.6) is 0 Å². The molecule has 2 atom stereocenters. The third kappa shape index (κ3) is 3.96. The van der Waals surface area contributed by atoms with Gasteiger partial charge in [0.05, 0.1) is 0 Å². The molecular weight excluding hydrogens is 216 g/mol. The number of rotatable bonds is 6. The van der Waals surface area contributed by atoms with Crippen molar-refractivity contribution in [1.82, 2.24) is 4.90 Å². The van der Waals surface area contributed by atoms with Crippen LogP contribution in [0.1, 0.15) is 52.4 Å². The SMILES string of the molecule is CCC(N)(CCCN1CCCCC1C)C(=O)O. The quantitative estimate of drug-likeness (QED) is 0.745. The number of carboxylic acid groups (broad SMARTS) is 1. The summed E-state index contributed by atoms with van der Waals surface area (Å²) in [6.07, 6.45) is 5.80. The van der Waals surface area contributed by atoms with E-state index in [1.807, 2.05) is 6.92 Å². The number of hydrogen-bond acceptors (Lipinski definition) is 3. The molecule has 100 valence electrons. The molecule has 2 unspecified atom stereocenters. The topological polar surface area (TPSA) is 66.6 Å². The maximum absolute atomic E-state index is 11.1. The predicted octanol–water partition coefficient (Wildman–Crippen LogP) is 1.83. The Balaban J connectivity index is 2.33. The van der Waals surface area contributed by atoms with E-state index in [9.17, 15) is 4.79 Å². The number of aliphatic carboxylic acids is 1. The van der Waals surface area contributed by atoms with Crippen molar-refractivity contribution in [2.75, 3.05) is 13.1 Å². The molecule has 1 saturated heterocycles. The maximum Gasteiger partial charge on any atom is 0.323 e. The summed E-state index contributed by atoms with van der Waals surface area (Å²) in [7, 11) is 0. The van der Waals surface area contributed by atoms with Gasteiger partial charge in [-0.15, -0.1) is 0 Å². The lowest BCUT2D eigenvalue weighted by molar-refractivity contribution is -0.143. The first-order valence-corrected chi connectivity index (χ1v) is 6.76. The van der Waals surface area contributed by atoms with Gasteiger partial charge in [0.15, 0.2) is 0 Å². The van der Waals surface area contributed by atoms with E-state index < -0.39 is 11.5 Å². The van der Waals surface area contributed by atoms with Gasteiger partial charge >= 0.3 is 5.97 Å². The molecule has 4 heteroatoms. The Hall–Kier alpha value is -0.610. The summed E-state index contributed by atoms with van der Waals surface area (Å²) >= 11 is 0. The number of likely N-dealkylation sites (tertiary alicyclic amines) is 1. The lowest BCUT2D eigenvalue weighted by Gasteiger charge is -2.34. The third-order valence-electron chi connectivity index (χ3n) is 4.07. The monoisotopic (exact) mass is 242 g/mol. The number of carboxylic acids is 1. The van der Waals surface area contributed by atoms with Crippen LogP contribution in [-0.4, -0.2) is 40.6 Å². The summed E-state index contributed by atoms with van der Waals surface area (Å²) in [4.78, 5) is 13.5. The summed E-state index contributed by atoms with van der Waals surface area (Å²) in [6, 6.07) is 0.641. The van der Waals surface area contributed by atoms with Gasteiger partial charge in [-0.1, -0.05) is 13.3 Å². The molecule has 3 N–H and O–H groups in total. The molecule has 1 aliphatic heterocycles. The van der Waals surface area contributed by atoms with Gasteiger partial charge in [0.1, 0.15) is 5.54 Å². The van der Waals surface area contributed by atoms with Crippen molar-refractivity contribution in [3.05, 3.63) is 0 Å². The van der Waals surface area contributed by atoms with Crippen LogP contribution in [-0.2, 0) is 4.79 Å². The van der Waals surface area contributed by atoms with Crippen molar-refractivity contribution in [2.24, 2.45) is 5.73 Å². The van der Waals surface area contributed by atoms with Crippen molar-refractivity contribution < 1.29 is 9.90 Å². The molecule has 1 fully saturated rings. The van der Waals surface area contributed by atoms with E-state index in [0.717, 1.165) is 19.5 Å². The van der Waals surface area contributed by atoms with E-state index in [0.29, 0.717) is 18.9 Å². The van der Waals surface area contributed by atoms with Gasteiger partial charge in [-0.05, 0) is 52.1 Å². The Morgan fingerprint density at radius 3 is 2.76 bits per heavy atom. The van der Waals surface area contributed by atoms with Gasteiger partial charge in [0.2, 0.25) is 0 Å². The molecule has 0 saturated carbocycles. The van der Waals surface area contributed by atoms with Crippen molar-refractivity contribution >= 4 is 5.97 Å². The molecule has 17 heavy (non-hydrogen) atoms. The van der Waals surface area contributed by atoms with Gasteiger partial charge < -0.3 is 15.7 Å². The number of nitrogens with zero attached hydrogens (tertiary/aromatic N) is 1. The Morgan fingerprint density at radius 1 is 1.53 bits per heavy atom. The molecule has 0 bridgehead atoms. The summed E-state index contributed by atoms with van der Waals surface area (Å²) in [5.74, 6) is -0.869. The van der Waals surface area contributed by atoms with Gasteiger partial charge in [0.25, 0.3) is 0 Å². The average Bonchev–Trinajstić information content (AvgIpc) is 2.31. The van der Waals surface area contributed by atoms with E-state index >= 15 is 0 Å². The van der Waals surface area contributed by atoms with Crippen molar-refractivity contribution in [1.29, 1.82) is 0 Å². The second-order valence-corrected chi connectivity index (χ2v) is 5.30. The smallest absolute Gasteiger partial charge is 0.323 e. The molecule has 0 spiro atoms. The second kappa shape index (κ2) is 6.36. The van der Waals surface area contributed by atoms with Crippen LogP contribution >= 0.6 is 0 Å². The minimum Gasteiger partial charge on any atom is -0.480 e. The first-order valence-electron chi connectivity index (χ1n) is 6.76. The van der Waals surface area contributed by atoms with Crippen LogP contribution in [0.15, 0.2) is 0 Å². The highest BCUT2D eigenvalue weighted by molar-refractivity contribution is 5.78. The van der Waals surface area contributed by atoms with Crippen LogP contribution in [0.2, 0.25) is 0 Å². The summed E-state index contributed by atoms with van der Waals surface area (Å²) in [6.45, 7) is 6.23. The minimum atomic E-state index is -1.03. The largest absolute Gasteiger partial charge is 0.480 e. The molecule has 0 aromatic heterocycles. The van der Waals surface area contributed by atoms with Crippen molar-refractivity contribution in [2.45, 2.75) is 64.0 Å².